The summed E-state index contributed by atoms with van der Waals surface area (Å²) in [5.41, 5.74) is 7.85. The molecule has 0 saturated heterocycles. The first-order chi connectivity index (χ1) is 10.0. The van der Waals surface area contributed by atoms with Crippen molar-refractivity contribution in [1.82, 2.24) is 9.97 Å². The molecule has 0 aliphatic heterocycles. The van der Waals surface area contributed by atoms with Crippen LogP contribution < -0.4 is 10.6 Å². The second kappa shape index (κ2) is 6.21. The molecule has 0 atom stereocenters. The van der Waals surface area contributed by atoms with Crippen LogP contribution in [0.2, 0.25) is 0 Å². The van der Waals surface area contributed by atoms with Gasteiger partial charge >= 0.3 is 5.97 Å². The summed E-state index contributed by atoms with van der Waals surface area (Å²) >= 11 is 0. The first-order valence-corrected chi connectivity index (χ1v) is 6.67. The molecule has 2 rings (SSSR count). The third-order valence-electron chi connectivity index (χ3n) is 3.10. The SMILES string of the molecule is CCN(Cc1cccc(C)n1)c1ncc(N)cc1C(=O)O. The van der Waals surface area contributed by atoms with Gasteiger partial charge in [0.2, 0.25) is 0 Å². The molecule has 6 heteroatoms. The van der Waals surface area contributed by atoms with E-state index in [9.17, 15) is 9.90 Å². The molecule has 0 bridgehead atoms. The maximum Gasteiger partial charge on any atom is 0.339 e. The molecule has 0 aliphatic rings. The second-order valence-electron chi connectivity index (χ2n) is 4.73. The van der Waals surface area contributed by atoms with Crippen LogP contribution in [-0.2, 0) is 6.54 Å². The Morgan fingerprint density at radius 2 is 2.19 bits per heavy atom. The predicted octanol–water partition coefficient (Wildman–Crippen LogP) is 2.09. The molecule has 3 N–H and O–H groups in total. The van der Waals surface area contributed by atoms with Crippen LogP contribution in [0, 0.1) is 6.92 Å². The number of nitrogens with zero attached hydrogens (tertiary/aromatic N) is 3. The zero-order valence-corrected chi connectivity index (χ0v) is 12.1. The van der Waals surface area contributed by atoms with E-state index in [0.717, 1.165) is 11.4 Å². The fraction of sp³-hybridized carbons (Fsp3) is 0.267. The van der Waals surface area contributed by atoms with E-state index in [4.69, 9.17) is 5.73 Å². The summed E-state index contributed by atoms with van der Waals surface area (Å²) in [6, 6.07) is 7.19. The number of anilines is 2. The van der Waals surface area contributed by atoms with Crippen LogP contribution in [0.15, 0.2) is 30.5 Å². The minimum atomic E-state index is -1.04. The van der Waals surface area contributed by atoms with E-state index >= 15 is 0 Å². The number of hydrogen-bond acceptors (Lipinski definition) is 5. The van der Waals surface area contributed by atoms with Crippen molar-refractivity contribution in [2.75, 3.05) is 17.2 Å². The summed E-state index contributed by atoms with van der Waals surface area (Å²) in [5, 5.41) is 9.31. The Morgan fingerprint density at radius 1 is 1.43 bits per heavy atom. The van der Waals surface area contributed by atoms with Gasteiger partial charge in [-0.05, 0) is 32.0 Å². The Kier molecular flexibility index (Phi) is 4.37. The fourth-order valence-electron chi connectivity index (χ4n) is 2.10. The largest absolute Gasteiger partial charge is 0.478 e. The van der Waals surface area contributed by atoms with Crippen molar-refractivity contribution in [2.24, 2.45) is 0 Å². The lowest BCUT2D eigenvalue weighted by molar-refractivity contribution is 0.0697. The number of nitrogen functional groups attached to an aromatic ring is 1. The lowest BCUT2D eigenvalue weighted by Crippen LogP contribution is -2.26. The number of aromatic nitrogens is 2. The highest BCUT2D eigenvalue weighted by Crippen LogP contribution is 2.21. The molecule has 0 aliphatic carbocycles. The van der Waals surface area contributed by atoms with E-state index in [2.05, 4.69) is 9.97 Å². The summed E-state index contributed by atoms with van der Waals surface area (Å²) in [7, 11) is 0. The Labute approximate surface area is 123 Å². The smallest absolute Gasteiger partial charge is 0.339 e. The number of rotatable bonds is 5. The summed E-state index contributed by atoms with van der Waals surface area (Å²) in [4.78, 5) is 21.8. The van der Waals surface area contributed by atoms with Gasteiger partial charge in [0.1, 0.15) is 11.4 Å². The highest BCUT2D eigenvalue weighted by molar-refractivity contribution is 5.94. The number of nitrogens with two attached hydrogens (primary N) is 1. The average molecular weight is 286 g/mol. The molecule has 21 heavy (non-hydrogen) atoms. The van der Waals surface area contributed by atoms with E-state index < -0.39 is 5.97 Å². The first-order valence-electron chi connectivity index (χ1n) is 6.67. The van der Waals surface area contributed by atoms with E-state index in [1.165, 1.54) is 12.3 Å². The number of aryl methyl sites for hydroxylation is 1. The molecule has 0 spiro atoms. The van der Waals surface area contributed by atoms with Crippen LogP contribution in [0.3, 0.4) is 0 Å². The van der Waals surface area contributed by atoms with Crippen molar-refractivity contribution >= 4 is 17.5 Å². The van der Waals surface area contributed by atoms with E-state index in [1.807, 2.05) is 36.9 Å². The van der Waals surface area contributed by atoms with Gasteiger partial charge in [0.25, 0.3) is 0 Å². The number of pyridine rings is 2. The van der Waals surface area contributed by atoms with Gasteiger partial charge in [0.05, 0.1) is 24.1 Å². The Hall–Kier alpha value is -2.63. The quantitative estimate of drug-likeness (QED) is 0.874. The highest BCUT2D eigenvalue weighted by atomic mass is 16.4. The standard InChI is InChI=1S/C15H18N4O2/c1-3-19(9-12-6-4-5-10(2)18-12)14-13(15(20)21)7-11(16)8-17-14/h4-8H,3,9,16H2,1-2H3,(H,20,21). The maximum absolute atomic E-state index is 11.4. The molecule has 2 aromatic heterocycles. The molecule has 6 nitrogen and oxygen atoms in total. The van der Waals surface area contributed by atoms with Crippen LogP contribution in [0.1, 0.15) is 28.7 Å². The molecule has 2 heterocycles. The predicted molar refractivity (Wildman–Crippen MR) is 81.3 cm³/mol. The molecule has 0 unspecified atom stereocenters. The number of carbonyl (C=O) groups is 1. The molecule has 0 aromatic carbocycles. The molecule has 2 aromatic rings. The summed E-state index contributed by atoms with van der Waals surface area (Å²) in [6.07, 6.45) is 1.47. The van der Waals surface area contributed by atoms with Crippen LogP contribution in [0.25, 0.3) is 0 Å². The van der Waals surface area contributed by atoms with Gasteiger partial charge < -0.3 is 15.7 Å². The van der Waals surface area contributed by atoms with Crippen molar-refractivity contribution in [3.05, 3.63) is 47.4 Å². The molecule has 0 fully saturated rings. The first kappa shape index (κ1) is 14.8. The third kappa shape index (κ3) is 3.47. The van der Waals surface area contributed by atoms with Crippen molar-refractivity contribution in [1.29, 1.82) is 0 Å². The van der Waals surface area contributed by atoms with Gasteiger partial charge in [-0.1, -0.05) is 6.07 Å². The minimum Gasteiger partial charge on any atom is -0.478 e. The third-order valence-corrected chi connectivity index (χ3v) is 3.10. The lowest BCUT2D eigenvalue weighted by Gasteiger charge is -2.23. The van der Waals surface area contributed by atoms with Crippen LogP contribution in [0.4, 0.5) is 11.5 Å². The van der Waals surface area contributed by atoms with Gasteiger partial charge in [-0.3, -0.25) is 4.98 Å². The van der Waals surface area contributed by atoms with Crippen LogP contribution >= 0.6 is 0 Å². The molecule has 0 saturated carbocycles. The van der Waals surface area contributed by atoms with Gasteiger partial charge in [0, 0.05) is 12.2 Å². The Bertz CT molecular complexity index is 658. The van der Waals surface area contributed by atoms with Gasteiger partial charge in [-0.2, -0.15) is 0 Å². The zero-order chi connectivity index (χ0) is 15.4. The minimum absolute atomic E-state index is 0.101. The Morgan fingerprint density at radius 3 is 2.81 bits per heavy atom. The average Bonchev–Trinajstić information content (AvgIpc) is 2.45. The summed E-state index contributed by atoms with van der Waals surface area (Å²) < 4.78 is 0. The fourth-order valence-corrected chi connectivity index (χ4v) is 2.10. The monoisotopic (exact) mass is 286 g/mol. The summed E-state index contributed by atoms with van der Waals surface area (Å²) in [6.45, 7) is 4.98. The number of carboxylic acids is 1. The molecular formula is C15H18N4O2. The second-order valence-corrected chi connectivity index (χ2v) is 4.73. The lowest BCUT2D eigenvalue weighted by atomic mass is 10.2. The molecular weight excluding hydrogens is 268 g/mol. The van der Waals surface area contributed by atoms with Crippen molar-refractivity contribution in [3.63, 3.8) is 0 Å². The zero-order valence-electron chi connectivity index (χ0n) is 12.1. The van der Waals surface area contributed by atoms with Crippen LogP contribution in [0.5, 0.6) is 0 Å². The maximum atomic E-state index is 11.4. The highest BCUT2D eigenvalue weighted by Gasteiger charge is 2.17. The van der Waals surface area contributed by atoms with Gasteiger partial charge in [0.15, 0.2) is 0 Å². The van der Waals surface area contributed by atoms with E-state index in [1.54, 1.807) is 0 Å². The van der Waals surface area contributed by atoms with Crippen LogP contribution in [-0.4, -0.2) is 27.6 Å². The Balaban J connectivity index is 2.35. The molecule has 110 valence electrons. The van der Waals surface area contributed by atoms with E-state index in [0.29, 0.717) is 24.6 Å². The normalized spacial score (nSPS) is 10.4. The van der Waals surface area contributed by atoms with Gasteiger partial charge in [-0.15, -0.1) is 0 Å². The van der Waals surface area contributed by atoms with Crippen molar-refractivity contribution < 1.29 is 9.90 Å². The number of aromatic carboxylic acids is 1. The molecule has 0 radical (unpaired) electrons. The van der Waals surface area contributed by atoms with Crippen molar-refractivity contribution in [2.45, 2.75) is 20.4 Å². The van der Waals surface area contributed by atoms with Crippen molar-refractivity contribution in [3.8, 4) is 0 Å². The molecule has 0 amide bonds. The van der Waals surface area contributed by atoms with E-state index in [-0.39, 0.29) is 5.56 Å². The number of hydrogen-bond donors (Lipinski definition) is 2. The summed E-state index contributed by atoms with van der Waals surface area (Å²) in [5.74, 6) is -0.636. The number of carboxylic acid groups (broad SMARTS) is 1. The van der Waals surface area contributed by atoms with Gasteiger partial charge in [-0.25, -0.2) is 9.78 Å². The topological polar surface area (TPSA) is 92.3 Å².